The number of hydrazine groups is 1. The molecule has 74 valence electrons. The minimum Gasteiger partial charge on any atom is -0.271 e. The second kappa shape index (κ2) is 5.43. The molecule has 0 bridgehead atoms. The van der Waals surface area contributed by atoms with Crippen LogP contribution >= 0.6 is 0 Å². The summed E-state index contributed by atoms with van der Waals surface area (Å²) in [6.45, 7) is 3.91. The van der Waals surface area contributed by atoms with Gasteiger partial charge in [0.25, 0.3) is 0 Å². The summed E-state index contributed by atoms with van der Waals surface area (Å²) in [5.74, 6) is 11.4. The summed E-state index contributed by atoms with van der Waals surface area (Å²) in [5.41, 5.74) is 5.21. The van der Waals surface area contributed by atoms with E-state index in [2.05, 4.69) is 42.4 Å². The van der Waals surface area contributed by atoms with E-state index in [1.54, 1.807) is 0 Å². The highest BCUT2D eigenvalue weighted by Gasteiger charge is 2.06. The molecule has 0 amide bonds. The van der Waals surface area contributed by atoms with E-state index < -0.39 is 0 Å². The van der Waals surface area contributed by atoms with Crippen molar-refractivity contribution in [1.82, 2.24) is 5.43 Å². The zero-order valence-electron chi connectivity index (χ0n) is 8.67. The number of hydrogen-bond donors (Lipinski definition) is 2. The van der Waals surface area contributed by atoms with Crippen molar-refractivity contribution < 1.29 is 0 Å². The molecule has 3 N–H and O–H groups in total. The van der Waals surface area contributed by atoms with Gasteiger partial charge >= 0.3 is 0 Å². The van der Waals surface area contributed by atoms with Crippen LogP contribution in [0.2, 0.25) is 0 Å². The fourth-order valence-corrected chi connectivity index (χ4v) is 1.36. The van der Waals surface area contributed by atoms with Crippen molar-refractivity contribution in [2.45, 2.75) is 26.3 Å². The topological polar surface area (TPSA) is 38.0 Å². The molecule has 14 heavy (non-hydrogen) atoms. The average Bonchev–Trinajstić information content (AvgIpc) is 2.19. The molecule has 0 aliphatic heterocycles. The second-order valence-electron chi connectivity index (χ2n) is 3.26. The van der Waals surface area contributed by atoms with Crippen LogP contribution in [0.1, 0.15) is 30.5 Å². The molecular weight excluding hydrogens is 172 g/mol. The maximum atomic E-state index is 5.48. The minimum absolute atomic E-state index is 0.127. The Hall–Kier alpha value is -1.30. The first kappa shape index (κ1) is 10.8. The lowest BCUT2D eigenvalue weighted by atomic mass is 10.0. The summed E-state index contributed by atoms with van der Waals surface area (Å²) in [4.78, 5) is 0. The van der Waals surface area contributed by atoms with E-state index >= 15 is 0 Å². The summed E-state index contributed by atoms with van der Waals surface area (Å²) < 4.78 is 0. The minimum atomic E-state index is 0.127. The van der Waals surface area contributed by atoms with Crippen LogP contribution < -0.4 is 11.3 Å². The van der Waals surface area contributed by atoms with Crippen molar-refractivity contribution in [2.24, 2.45) is 5.84 Å². The first-order valence-corrected chi connectivity index (χ1v) is 4.70. The van der Waals surface area contributed by atoms with Gasteiger partial charge in [0.1, 0.15) is 0 Å². The fraction of sp³-hybridized carbons (Fsp3) is 0.333. The van der Waals surface area contributed by atoms with Gasteiger partial charge in [0.05, 0.1) is 6.04 Å². The normalized spacial score (nSPS) is 11.6. The van der Waals surface area contributed by atoms with Crippen LogP contribution in [0, 0.1) is 18.8 Å². The van der Waals surface area contributed by atoms with Gasteiger partial charge in [-0.15, -0.1) is 11.8 Å². The van der Waals surface area contributed by atoms with Crippen LogP contribution in [0.4, 0.5) is 0 Å². The van der Waals surface area contributed by atoms with Crippen molar-refractivity contribution in [3.05, 3.63) is 35.4 Å². The van der Waals surface area contributed by atoms with Crippen LogP contribution in [-0.4, -0.2) is 0 Å². The Morgan fingerprint density at radius 2 is 2.29 bits per heavy atom. The lowest BCUT2D eigenvalue weighted by Crippen LogP contribution is -2.27. The molecule has 1 atom stereocenters. The second-order valence-corrected chi connectivity index (χ2v) is 3.26. The molecule has 0 aliphatic carbocycles. The van der Waals surface area contributed by atoms with E-state index in [1.165, 1.54) is 11.1 Å². The van der Waals surface area contributed by atoms with Gasteiger partial charge in [-0.1, -0.05) is 29.8 Å². The Kier molecular flexibility index (Phi) is 4.18. The smallest absolute Gasteiger partial charge is 0.0569 e. The van der Waals surface area contributed by atoms with Crippen molar-refractivity contribution in [2.75, 3.05) is 0 Å². The van der Waals surface area contributed by atoms with E-state index in [0.29, 0.717) is 0 Å². The Labute approximate surface area is 85.5 Å². The zero-order valence-corrected chi connectivity index (χ0v) is 8.67. The molecule has 0 spiro atoms. The van der Waals surface area contributed by atoms with Gasteiger partial charge in [0.2, 0.25) is 0 Å². The SMILES string of the molecule is CC#CCC(NN)c1cccc(C)c1. The van der Waals surface area contributed by atoms with Gasteiger partial charge in [-0.25, -0.2) is 0 Å². The monoisotopic (exact) mass is 188 g/mol. The van der Waals surface area contributed by atoms with E-state index in [4.69, 9.17) is 5.84 Å². The third kappa shape index (κ3) is 2.88. The Morgan fingerprint density at radius 1 is 1.50 bits per heavy atom. The molecule has 1 rings (SSSR count). The Morgan fingerprint density at radius 3 is 2.86 bits per heavy atom. The highest BCUT2D eigenvalue weighted by Crippen LogP contribution is 2.16. The number of hydrogen-bond acceptors (Lipinski definition) is 2. The third-order valence-electron chi connectivity index (χ3n) is 2.13. The molecule has 0 aromatic heterocycles. The molecule has 0 aliphatic rings. The van der Waals surface area contributed by atoms with Gasteiger partial charge in [-0.3, -0.25) is 11.3 Å². The van der Waals surface area contributed by atoms with Gasteiger partial charge in [0.15, 0.2) is 0 Å². The predicted octanol–water partition coefficient (Wildman–Crippen LogP) is 1.91. The molecule has 1 unspecified atom stereocenters. The molecule has 2 nitrogen and oxygen atoms in total. The lowest BCUT2D eigenvalue weighted by molar-refractivity contribution is 0.567. The van der Waals surface area contributed by atoms with E-state index in [-0.39, 0.29) is 6.04 Å². The van der Waals surface area contributed by atoms with E-state index in [0.717, 1.165) is 6.42 Å². The molecular formula is C12H16N2. The summed E-state index contributed by atoms with van der Waals surface area (Å²) in [6.07, 6.45) is 0.746. The van der Waals surface area contributed by atoms with Crippen molar-refractivity contribution in [3.63, 3.8) is 0 Å². The van der Waals surface area contributed by atoms with Gasteiger partial charge < -0.3 is 0 Å². The van der Waals surface area contributed by atoms with Gasteiger partial charge in [0, 0.05) is 6.42 Å². The molecule has 0 heterocycles. The lowest BCUT2D eigenvalue weighted by Gasteiger charge is -2.13. The highest BCUT2D eigenvalue weighted by molar-refractivity contribution is 5.26. The molecule has 2 heteroatoms. The maximum Gasteiger partial charge on any atom is 0.0569 e. The largest absolute Gasteiger partial charge is 0.271 e. The first-order valence-electron chi connectivity index (χ1n) is 4.70. The zero-order chi connectivity index (χ0) is 10.4. The first-order chi connectivity index (χ1) is 6.77. The van der Waals surface area contributed by atoms with Crippen molar-refractivity contribution in [3.8, 4) is 11.8 Å². The Bertz CT molecular complexity index is 347. The maximum absolute atomic E-state index is 5.48. The number of nitrogens with two attached hydrogens (primary N) is 1. The van der Waals surface area contributed by atoms with Crippen LogP contribution in [0.15, 0.2) is 24.3 Å². The number of benzene rings is 1. The molecule has 0 fully saturated rings. The summed E-state index contributed by atoms with van der Waals surface area (Å²) in [6, 6.07) is 8.43. The average molecular weight is 188 g/mol. The number of aryl methyl sites for hydroxylation is 1. The predicted molar refractivity (Wildman–Crippen MR) is 59.3 cm³/mol. The summed E-state index contributed by atoms with van der Waals surface area (Å²) in [7, 11) is 0. The van der Waals surface area contributed by atoms with E-state index in [1.807, 2.05) is 13.0 Å². The van der Waals surface area contributed by atoms with Crippen LogP contribution in [0.5, 0.6) is 0 Å². The summed E-state index contributed by atoms with van der Waals surface area (Å²) >= 11 is 0. The molecule has 0 saturated heterocycles. The van der Waals surface area contributed by atoms with Crippen LogP contribution in [0.3, 0.4) is 0 Å². The van der Waals surface area contributed by atoms with Gasteiger partial charge in [-0.2, -0.15) is 0 Å². The van der Waals surface area contributed by atoms with Crippen LogP contribution in [-0.2, 0) is 0 Å². The molecule has 0 saturated carbocycles. The standard InChI is InChI=1S/C12H16N2/c1-3-4-8-12(14-13)11-7-5-6-10(2)9-11/h5-7,9,12,14H,8,13H2,1-2H3. The highest BCUT2D eigenvalue weighted by atomic mass is 15.2. The van der Waals surface area contributed by atoms with Crippen molar-refractivity contribution in [1.29, 1.82) is 0 Å². The Balaban J connectivity index is 2.81. The molecule has 0 radical (unpaired) electrons. The van der Waals surface area contributed by atoms with Crippen molar-refractivity contribution >= 4 is 0 Å². The fourth-order valence-electron chi connectivity index (χ4n) is 1.36. The number of nitrogens with one attached hydrogen (secondary N) is 1. The van der Waals surface area contributed by atoms with E-state index in [9.17, 15) is 0 Å². The molecule has 1 aromatic rings. The van der Waals surface area contributed by atoms with Crippen LogP contribution in [0.25, 0.3) is 0 Å². The third-order valence-corrected chi connectivity index (χ3v) is 2.13. The van der Waals surface area contributed by atoms with Gasteiger partial charge in [-0.05, 0) is 19.4 Å². The quantitative estimate of drug-likeness (QED) is 0.432. The summed E-state index contributed by atoms with van der Waals surface area (Å²) in [5, 5.41) is 0. The molecule has 1 aromatic carbocycles. The number of rotatable bonds is 3.